The van der Waals surface area contributed by atoms with E-state index >= 15 is 0 Å². The van der Waals surface area contributed by atoms with E-state index in [2.05, 4.69) is 6.07 Å². The average Bonchev–Trinajstić information content (AvgIpc) is 1.90. The Labute approximate surface area is 64.4 Å². The lowest BCUT2D eigenvalue weighted by atomic mass is 10.2. The van der Waals surface area contributed by atoms with Crippen LogP contribution >= 0.6 is 23.2 Å². The van der Waals surface area contributed by atoms with Crippen molar-refractivity contribution in [2.24, 2.45) is 0 Å². The van der Waals surface area contributed by atoms with Gasteiger partial charge in [0.1, 0.15) is 4.84 Å². The van der Waals surface area contributed by atoms with Crippen LogP contribution in [-0.4, -0.2) is 0 Å². The zero-order valence-electron chi connectivity index (χ0n) is 4.64. The molecule has 9 heavy (non-hydrogen) atoms. The summed E-state index contributed by atoms with van der Waals surface area (Å²) in [5.74, 6) is 0. The molecule has 0 aliphatic carbocycles. The van der Waals surface area contributed by atoms with Crippen LogP contribution in [0.5, 0.6) is 0 Å². The van der Waals surface area contributed by atoms with Gasteiger partial charge in [-0.2, -0.15) is 0 Å². The summed E-state index contributed by atoms with van der Waals surface area (Å²) in [7, 11) is 0. The summed E-state index contributed by atoms with van der Waals surface area (Å²) in [4.78, 5) is -0.428. The minimum atomic E-state index is -0.428. The van der Waals surface area contributed by atoms with Crippen LogP contribution in [0.15, 0.2) is 24.3 Å². The molecule has 0 nitrogen and oxygen atoms in total. The number of halogens is 2. The molecular formula is C7H5Cl2. The predicted octanol–water partition coefficient (Wildman–Crippen LogP) is 2.96. The fourth-order valence-corrected chi connectivity index (χ4v) is 0.814. The molecule has 0 unspecified atom stereocenters. The highest BCUT2D eigenvalue weighted by Crippen LogP contribution is 2.23. The summed E-state index contributed by atoms with van der Waals surface area (Å²) in [6, 6.07) is 10.2. The third-order valence-electron chi connectivity index (χ3n) is 0.983. The number of rotatable bonds is 1. The van der Waals surface area contributed by atoms with Gasteiger partial charge in [0.2, 0.25) is 0 Å². The van der Waals surface area contributed by atoms with E-state index in [1.165, 1.54) is 0 Å². The van der Waals surface area contributed by atoms with Gasteiger partial charge in [-0.25, -0.2) is 0 Å². The maximum absolute atomic E-state index is 5.55. The highest BCUT2D eigenvalue weighted by molar-refractivity contribution is 6.44. The SMILES string of the molecule is ClC(Cl)c1c[c]ccc1. The second-order valence-corrected chi connectivity index (χ2v) is 2.73. The fourth-order valence-electron chi connectivity index (χ4n) is 0.543. The summed E-state index contributed by atoms with van der Waals surface area (Å²) in [6.45, 7) is 0. The molecule has 2 heteroatoms. The molecule has 1 aromatic carbocycles. The van der Waals surface area contributed by atoms with E-state index in [0.29, 0.717) is 0 Å². The highest BCUT2D eigenvalue weighted by atomic mass is 35.5. The van der Waals surface area contributed by atoms with Crippen LogP contribution in [0.1, 0.15) is 10.4 Å². The minimum Gasteiger partial charge on any atom is -0.100 e. The zero-order valence-corrected chi connectivity index (χ0v) is 6.15. The topological polar surface area (TPSA) is 0 Å². The quantitative estimate of drug-likeness (QED) is 0.554. The molecule has 47 valence electrons. The Kier molecular flexibility index (Phi) is 2.38. The molecule has 1 radical (unpaired) electrons. The molecule has 0 aliphatic heterocycles. The smallest absolute Gasteiger partial charge is 0.100 e. The van der Waals surface area contributed by atoms with Crippen molar-refractivity contribution >= 4 is 23.2 Å². The summed E-state index contributed by atoms with van der Waals surface area (Å²) >= 11 is 11.1. The second kappa shape index (κ2) is 3.09. The first-order chi connectivity index (χ1) is 4.30. The standard InChI is InChI=1S/C7H5Cl2/c8-7(9)6-4-2-1-3-5-6/h1-2,4-5,7H. The summed E-state index contributed by atoms with van der Waals surface area (Å²) in [6.07, 6.45) is 0. The van der Waals surface area contributed by atoms with Crippen LogP contribution in [0.25, 0.3) is 0 Å². The van der Waals surface area contributed by atoms with Crippen LogP contribution in [0.4, 0.5) is 0 Å². The maximum atomic E-state index is 5.55. The van der Waals surface area contributed by atoms with E-state index in [0.717, 1.165) is 5.56 Å². The Bertz CT molecular complexity index is 170. The molecular weight excluding hydrogens is 155 g/mol. The van der Waals surface area contributed by atoms with Gasteiger partial charge in [-0.15, -0.1) is 23.2 Å². The van der Waals surface area contributed by atoms with E-state index < -0.39 is 4.84 Å². The molecule has 0 atom stereocenters. The van der Waals surface area contributed by atoms with Crippen LogP contribution < -0.4 is 0 Å². The van der Waals surface area contributed by atoms with Crippen molar-refractivity contribution in [3.63, 3.8) is 0 Å². The lowest BCUT2D eigenvalue weighted by Crippen LogP contribution is -1.77. The molecule has 1 rings (SSSR count). The Hall–Kier alpha value is -0.200. The van der Waals surface area contributed by atoms with Gasteiger partial charge in [0.25, 0.3) is 0 Å². The Balaban J connectivity index is 2.85. The fraction of sp³-hybridized carbons (Fsp3) is 0.143. The number of hydrogen-bond acceptors (Lipinski definition) is 0. The third-order valence-corrected chi connectivity index (χ3v) is 1.49. The van der Waals surface area contributed by atoms with Gasteiger partial charge in [-0.1, -0.05) is 18.2 Å². The van der Waals surface area contributed by atoms with Gasteiger partial charge < -0.3 is 0 Å². The summed E-state index contributed by atoms with van der Waals surface area (Å²) < 4.78 is 0. The average molecular weight is 160 g/mol. The first kappa shape index (κ1) is 6.91. The third kappa shape index (κ3) is 1.88. The van der Waals surface area contributed by atoms with Crippen molar-refractivity contribution < 1.29 is 0 Å². The van der Waals surface area contributed by atoms with Crippen molar-refractivity contribution in [3.8, 4) is 0 Å². The van der Waals surface area contributed by atoms with Crippen molar-refractivity contribution in [2.45, 2.75) is 4.84 Å². The van der Waals surface area contributed by atoms with Crippen molar-refractivity contribution in [3.05, 3.63) is 35.9 Å². The van der Waals surface area contributed by atoms with Gasteiger partial charge in [0.15, 0.2) is 0 Å². The van der Waals surface area contributed by atoms with E-state index in [4.69, 9.17) is 23.2 Å². The van der Waals surface area contributed by atoms with E-state index in [1.54, 1.807) is 12.1 Å². The monoisotopic (exact) mass is 159 g/mol. The molecule has 0 spiro atoms. The Morgan fingerprint density at radius 2 is 2.22 bits per heavy atom. The van der Waals surface area contributed by atoms with Gasteiger partial charge >= 0.3 is 0 Å². The van der Waals surface area contributed by atoms with Gasteiger partial charge in [-0.3, -0.25) is 0 Å². The summed E-state index contributed by atoms with van der Waals surface area (Å²) in [5, 5.41) is 0. The molecule has 0 saturated carbocycles. The molecule has 0 aliphatic rings. The zero-order chi connectivity index (χ0) is 6.69. The maximum Gasteiger partial charge on any atom is 0.132 e. The van der Waals surface area contributed by atoms with Crippen LogP contribution in [0.3, 0.4) is 0 Å². The minimum absolute atomic E-state index is 0.428. The molecule has 0 N–H and O–H groups in total. The molecule has 0 saturated heterocycles. The normalized spacial score (nSPS) is 10.1. The Morgan fingerprint density at radius 1 is 1.44 bits per heavy atom. The lowest BCUT2D eigenvalue weighted by molar-refractivity contribution is 1.35. The first-order valence-electron chi connectivity index (χ1n) is 2.55. The van der Waals surface area contributed by atoms with Gasteiger partial charge in [-0.05, 0) is 17.7 Å². The van der Waals surface area contributed by atoms with Gasteiger partial charge in [0.05, 0.1) is 0 Å². The molecule has 0 fully saturated rings. The van der Waals surface area contributed by atoms with Crippen molar-refractivity contribution in [1.82, 2.24) is 0 Å². The van der Waals surface area contributed by atoms with E-state index in [1.807, 2.05) is 12.1 Å². The highest BCUT2D eigenvalue weighted by Gasteiger charge is 1.98. The number of hydrogen-bond donors (Lipinski definition) is 0. The van der Waals surface area contributed by atoms with Gasteiger partial charge in [0, 0.05) is 0 Å². The molecule has 0 bridgehead atoms. The van der Waals surface area contributed by atoms with Crippen LogP contribution in [0, 0.1) is 6.07 Å². The molecule has 0 heterocycles. The molecule has 1 aromatic rings. The predicted molar refractivity (Wildman–Crippen MR) is 39.7 cm³/mol. The first-order valence-corrected chi connectivity index (χ1v) is 3.42. The number of benzene rings is 1. The van der Waals surface area contributed by atoms with E-state index in [-0.39, 0.29) is 0 Å². The number of alkyl halides is 2. The van der Waals surface area contributed by atoms with Crippen molar-refractivity contribution in [1.29, 1.82) is 0 Å². The lowest BCUT2D eigenvalue weighted by Gasteiger charge is -1.96. The second-order valence-electron chi connectivity index (χ2n) is 1.64. The van der Waals surface area contributed by atoms with Crippen molar-refractivity contribution in [2.75, 3.05) is 0 Å². The van der Waals surface area contributed by atoms with E-state index in [9.17, 15) is 0 Å². The summed E-state index contributed by atoms with van der Waals surface area (Å²) in [5.41, 5.74) is 0.890. The Morgan fingerprint density at radius 3 is 2.56 bits per heavy atom. The largest absolute Gasteiger partial charge is 0.132 e. The van der Waals surface area contributed by atoms with Crippen LogP contribution in [-0.2, 0) is 0 Å². The molecule has 0 aromatic heterocycles. The molecule has 0 amide bonds. The van der Waals surface area contributed by atoms with Crippen LogP contribution in [0.2, 0.25) is 0 Å².